The number of hydrogen-bond donors (Lipinski definition) is 1. The Hall–Kier alpha value is -0.540. The maximum absolute atomic E-state index is 10.6. The Morgan fingerprint density at radius 1 is 1.50 bits per heavy atom. The molecule has 0 aromatic rings. The average Bonchev–Trinajstić information content (AvgIpc) is 2.18. The zero-order chi connectivity index (χ0) is 10.1. The highest BCUT2D eigenvalue weighted by molar-refractivity contribution is 5.85. The van der Waals surface area contributed by atoms with Gasteiger partial charge in [0, 0.05) is 18.7 Å². The van der Waals surface area contributed by atoms with Crippen LogP contribution in [0.15, 0.2) is 12.7 Å². The van der Waals surface area contributed by atoms with Crippen LogP contribution in [-0.2, 0) is 9.53 Å². The minimum atomic E-state index is -0.355. The zero-order valence-electron chi connectivity index (χ0n) is 8.91. The molecule has 0 spiro atoms. The van der Waals surface area contributed by atoms with E-state index in [1.165, 1.54) is 6.08 Å². The third-order valence-electron chi connectivity index (χ3n) is 1.93. The summed E-state index contributed by atoms with van der Waals surface area (Å²) in [6.45, 7) is 8.72. The Kier molecular flexibility index (Phi) is 12.0. The minimum Gasteiger partial charge on any atom is -0.461 e. The van der Waals surface area contributed by atoms with Gasteiger partial charge in [0.1, 0.15) is 6.61 Å². The van der Waals surface area contributed by atoms with E-state index in [9.17, 15) is 4.79 Å². The standard InChI is InChI=1S/C10H19NO2.ClH/c1-4-9(5-2)11-7-8-13-10(12)6-3;/h6,9,11H,3-5,7-8H2,1-2H3;1H. The molecule has 0 radical (unpaired) electrons. The van der Waals surface area contributed by atoms with Gasteiger partial charge in [-0.1, -0.05) is 20.4 Å². The first-order valence-corrected chi connectivity index (χ1v) is 4.77. The first kappa shape index (κ1) is 15.9. The van der Waals surface area contributed by atoms with Gasteiger partial charge in [0.25, 0.3) is 0 Å². The second kappa shape index (κ2) is 10.5. The predicted octanol–water partition coefficient (Wildman–Crippen LogP) is 1.92. The van der Waals surface area contributed by atoms with Crippen LogP contribution in [-0.4, -0.2) is 25.2 Å². The largest absolute Gasteiger partial charge is 0.461 e. The molecule has 0 unspecified atom stereocenters. The quantitative estimate of drug-likeness (QED) is 0.406. The lowest BCUT2D eigenvalue weighted by molar-refractivity contribution is -0.137. The third kappa shape index (κ3) is 8.08. The topological polar surface area (TPSA) is 38.3 Å². The molecule has 0 heterocycles. The van der Waals surface area contributed by atoms with Crippen molar-refractivity contribution in [3.63, 3.8) is 0 Å². The molecule has 0 amide bonds. The van der Waals surface area contributed by atoms with Gasteiger partial charge in [-0.15, -0.1) is 12.4 Å². The van der Waals surface area contributed by atoms with Gasteiger partial charge in [-0.05, 0) is 12.8 Å². The smallest absolute Gasteiger partial charge is 0.330 e. The molecular formula is C10H20ClNO2. The van der Waals surface area contributed by atoms with Crippen LogP contribution >= 0.6 is 12.4 Å². The monoisotopic (exact) mass is 221 g/mol. The summed E-state index contributed by atoms with van der Waals surface area (Å²) in [5.74, 6) is -0.355. The zero-order valence-corrected chi connectivity index (χ0v) is 9.73. The van der Waals surface area contributed by atoms with Gasteiger partial charge in [-0.2, -0.15) is 0 Å². The second-order valence-electron chi connectivity index (χ2n) is 2.84. The van der Waals surface area contributed by atoms with Crippen LogP contribution in [0.4, 0.5) is 0 Å². The molecule has 1 N–H and O–H groups in total. The first-order valence-electron chi connectivity index (χ1n) is 4.77. The molecule has 4 heteroatoms. The molecule has 3 nitrogen and oxygen atoms in total. The summed E-state index contributed by atoms with van der Waals surface area (Å²) in [5.41, 5.74) is 0. The fourth-order valence-corrected chi connectivity index (χ4v) is 1.05. The molecular weight excluding hydrogens is 202 g/mol. The molecule has 0 aromatic carbocycles. The van der Waals surface area contributed by atoms with Crippen LogP contribution in [0.25, 0.3) is 0 Å². The molecule has 0 aliphatic carbocycles. The summed E-state index contributed by atoms with van der Waals surface area (Å²) in [6, 6.07) is 0.530. The highest BCUT2D eigenvalue weighted by Gasteiger charge is 2.01. The van der Waals surface area contributed by atoms with Crippen LogP contribution in [0.3, 0.4) is 0 Å². The lowest BCUT2D eigenvalue weighted by atomic mass is 10.2. The summed E-state index contributed by atoms with van der Waals surface area (Å²) in [4.78, 5) is 10.6. The van der Waals surface area contributed by atoms with Gasteiger partial charge in [-0.3, -0.25) is 0 Å². The van der Waals surface area contributed by atoms with E-state index < -0.39 is 0 Å². The number of ether oxygens (including phenoxy) is 1. The van der Waals surface area contributed by atoms with Crippen molar-refractivity contribution in [2.24, 2.45) is 0 Å². The minimum absolute atomic E-state index is 0. The third-order valence-corrected chi connectivity index (χ3v) is 1.93. The lowest BCUT2D eigenvalue weighted by Gasteiger charge is -2.13. The molecule has 0 fully saturated rings. The van der Waals surface area contributed by atoms with E-state index in [1.807, 2.05) is 0 Å². The maximum Gasteiger partial charge on any atom is 0.330 e. The molecule has 0 aliphatic rings. The van der Waals surface area contributed by atoms with Gasteiger partial charge < -0.3 is 10.1 Å². The SMILES string of the molecule is C=CC(=O)OCCNC(CC)CC.Cl. The molecule has 0 atom stereocenters. The second-order valence-corrected chi connectivity index (χ2v) is 2.84. The number of carbonyl (C=O) groups excluding carboxylic acids is 1. The Morgan fingerprint density at radius 3 is 2.50 bits per heavy atom. The molecule has 84 valence electrons. The highest BCUT2D eigenvalue weighted by Crippen LogP contribution is 1.94. The van der Waals surface area contributed by atoms with Crippen LogP contribution in [0.5, 0.6) is 0 Å². The fourth-order valence-electron chi connectivity index (χ4n) is 1.05. The van der Waals surface area contributed by atoms with Crippen molar-refractivity contribution >= 4 is 18.4 Å². The number of nitrogens with one attached hydrogen (secondary N) is 1. The number of rotatable bonds is 7. The normalized spacial score (nSPS) is 9.36. The number of carbonyl (C=O) groups is 1. The van der Waals surface area contributed by atoms with Gasteiger partial charge >= 0.3 is 5.97 Å². The Balaban J connectivity index is 0. The molecule has 0 saturated heterocycles. The van der Waals surface area contributed by atoms with Gasteiger partial charge in [0.05, 0.1) is 0 Å². The van der Waals surface area contributed by atoms with E-state index in [0.29, 0.717) is 19.2 Å². The van der Waals surface area contributed by atoms with Crippen molar-refractivity contribution in [1.29, 1.82) is 0 Å². The van der Waals surface area contributed by atoms with E-state index in [1.54, 1.807) is 0 Å². The number of hydrogen-bond acceptors (Lipinski definition) is 3. The van der Waals surface area contributed by atoms with E-state index >= 15 is 0 Å². The molecule has 0 saturated carbocycles. The summed E-state index contributed by atoms with van der Waals surface area (Å²) in [5, 5.41) is 3.29. The average molecular weight is 222 g/mol. The van der Waals surface area contributed by atoms with Crippen molar-refractivity contribution in [2.75, 3.05) is 13.2 Å². The number of halogens is 1. The molecule has 0 rings (SSSR count). The maximum atomic E-state index is 10.6. The van der Waals surface area contributed by atoms with Crippen LogP contribution in [0.2, 0.25) is 0 Å². The van der Waals surface area contributed by atoms with Crippen molar-refractivity contribution < 1.29 is 9.53 Å². The Bertz CT molecular complexity index is 158. The van der Waals surface area contributed by atoms with Crippen LogP contribution in [0.1, 0.15) is 26.7 Å². The Morgan fingerprint density at radius 2 is 2.07 bits per heavy atom. The van der Waals surface area contributed by atoms with Gasteiger partial charge in [-0.25, -0.2) is 4.79 Å². The summed E-state index contributed by atoms with van der Waals surface area (Å²) in [7, 11) is 0. The predicted molar refractivity (Wildman–Crippen MR) is 60.8 cm³/mol. The fraction of sp³-hybridized carbons (Fsp3) is 0.700. The van der Waals surface area contributed by atoms with Crippen molar-refractivity contribution in [3.8, 4) is 0 Å². The van der Waals surface area contributed by atoms with Crippen molar-refractivity contribution in [2.45, 2.75) is 32.7 Å². The number of esters is 1. The molecule has 0 bridgehead atoms. The molecule has 0 aliphatic heterocycles. The highest BCUT2D eigenvalue weighted by atomic mass is 35.5. The Labute approximate surface area is 92.3 Å². The van der Waals surface area contributed by atoms with E-state index in [0.717, 1.165) is 12.8 Å². The van der Waals surface area contributed by atoms with Crippen molar-refractivity contribution in [3.05, 3.63) is 12.7 Å². The summed E-state index contributed by atoms with van der Waals surface area (Å²) in [6.07, 6.45) is 3.38. The van der Waals surface area contributed by atoms with E-state index in [2.05, 4.69) is 25.7 Å². The van der Waals surface area contributed by atoms with Crippen LogP contribution < -0.4 is 5.32 Å². The lowest BCUT2D eigenvalue weighted by Crippen LogP contribution is -2.31. The molecule has 0 aromatic heterocycles. The summed E-state index contributed by atoms with van der Waals surface area (Å²) >= 11 is 0. The van der Waals surface area contributed by atoms with Gasteiger partial charge in [0.2, 0.25) is 0 Å². The van der Waals surface area contributed by atoms with Gasteiger partial charge in [0.15, 0.2) is 0 Å². The van der Waals surface area contributed by atoms with E-state index in [4.69, 9.17) is 4.74 Å². The van der Waals surface area contributed by atoms with Crippen LogP contribution in [0, 0.1) is 0 Å². The first-order chi connectivity index (χ1) is 6.24. The molecule has 14 heavy (non-hydrogen) atoms. The van der Waals surface area contributed by atoms with Crippen molar-refractivity contribution in [1.82, 2.24) is 5.32 Å². The van der Waals surface area contributed by atoms with E-state index in [-0.39, 0.29) is 18.4 Å². The summed E-state index contributed by atoms with van der Waals surface area (Å²) < 4.78 is 4.81.